The predicted octanol–water partition coefficient (Wildman–Crippen LogP) is 0.764. The molecule has 0 fully saturated rings. The van der Waals surface area contributed by atoms with Crippen LogP contribution in [0.15, 0.2) is 0 Å². The Hall–Kier alpha value is -0.240. The van der Waals surface area contributed by atoms with Crippen LogP contribution < -0.4 is 5.32 Å². The van der Waals surface area contributed by atoms with E-state index in [9.17, 15) is 4.79 Å². The van der Waals surface area contributed by atoms with Gasteiger partial charge in [0.25, 0.3) is 3.91 Å². The van der Waals surface area contributed by atoms with E-state index in [1.165, 1.54) is 0 Å². The molecule has 0 unspecified atom stereocenters. The maximum atomic E-state index is 9.98. The van der Waals surface area contributed by atoms with Crippen LogP contribution in [0, 0.1) is 12.3 Å². The number of nitrogens with one attached hydrogen (secondary N) is 1. The Balaban J connectivity index is 3.02. The molecule has 0 aliphatic carbocycles. The molecule has 0 aliphatic heterocycles. The number of carbonyl (C=O) groups excluding carboxylic acids is 1. The van der Waals surface area contributed by atoms with Gasteiger partial charge in [-0.05, 0) is 0 Å². The molecule has 0 atom stereocenters. The lowest BCUT2D eigenvalue weighted by Gasteiger charge is -1.86. The summed E-state index contributed by atoms with van der Waals surface area (Å²) in [6, 6.07) is 0. The summed E-state index contributed by atoms with van der Waals surface area (Å²) in [5.41, 5.74) is 0. The standard InChI is InChI=1S/C4H4INO/c1-2-3-6-4(5)7/h1H,3H2,(H,6,7). The lowest BCUT2D eigenvalue weighted by molar-refractivity contribution is 0.264. The number of rotatable bonds is 1. The maximum absolute atomic E-state index is 9.98. The van der Waals surface area contributed by atoms with Crippen LogP contribution in [0.3, 0.4) is 0 Å². The monoisotopic (exact) mass is 209 g/mol. The maximum Gasteiger partial charge on any atom is 0.281 e. The molecule has 7 heavy (non-hydrogen) atoms. The normalized spacial score (nSPS) is 6.86. The van der Waals surface area contributed by atoms with Gasteiger partial charge in [0.05, 0.1) is 6.54 Å². The second-order valence-electron chi connectivity index (χ2n) is 0.831. The van der Waals surface area contributed by atoms with E-state index in [0.717, 1.165) is 0 Å². The van der Waals surface area contributed by atoms with Crippen LogP contribution in [-0.4, -0.2) is 10.5 Å². The van der Waals surface area contributed by atoms with Crippen LogP contribution in [0.25, 0.3) is 0 Å². The average molecular weight is 209 g/mol. The van der Waals surface area contributed by atoms with E-state index in [2.05, 4.69) is 11.2 Å². The fourth-order valence-electron chi connectivity index (χ4n) is 0.121. The topological polar surface area (TPSA) is 29.1 Å². The van der Waals surface area contributed by atoms with E-state index in [4.69, 9.17) is 6.42 Å². The molecule has 0 aliphatic rings. The Kier molecular flexibility index (Phi) is 3.80. The molecule has 0 aromatic heterocycles. The summed E-state index contributed by atoms with van der Waals surface area (Å²) >= 11 is 1.62. The molecule has 1 N–H and O–H groups in total. The number of amides is 1. The highest BCUT2D eigenvalue weighted by molar-refractivity contribution is 14.1. The van der Waals surface area contributed by atoms with Crippen molar-refractivity contribution < 1.29 is 4.79 Å². The summed E-state index contributed by atoms with van der Waals surface area (Å²) in [5, 5.41) is 2.41. The van der Waals surface area contributed by atoms with Gasteiger partial charge >= 0.3 is 0 Å². The lowest BCUT2D eigenvalue weighted by atomic mass is 10.7. The van der Waals surface area contributed by atoms with E-state index in [-0.39, 0.29) is 3.91 Å². The minimum atomic E-state index is -0.115. The molecule has 38 valence electrons. The summed E-state index contributed by atoms with van der Waals surface area (Å²) in [4.78, 5) is 9.98. The van der Waals surface area contributed by atoms with Gasteiger partial charge in [-0.25, -0.2) is 0 Å². The Morgan fingerprint density at radius 1 is 2.00 bits per heavy atom. The van der Waals surface area contributed by atoms with E-state index in [0.29, 0.717) is 6.54 Å². The summed E-state index contributed by atoms with van der Waals surface area (Å²) in [6.07, 6.45) is 4.81. The van der Waals surface area contributed by atoms with Gasteiger partial charge in [-0.3, -0.25) is 4.79 Å². The first-order chi connectivity index (χ1) is 3.27. The van der Waals surface area contributed by atoms with Crippen LogP contribution in [0.4, 0.5) is 4.79 Å². The van der Waals surface area contributed by atoms with Gasteiger partial charge in [0, 0.05) is 22.6 Å². The van der Waals surface area contributed by atoms with Crippen LogP contribution in [0.5, 0.6) is 0 Å². The number of hydrogen-bond acceptors (Lipinski definition) is 1. The molecule has 3 heteroatoms. The van der Waals surface area contributed by atoms with Crippen molar-refractivity contribution in [3.05, 3.63) is 0 Å². The molecule has 1 amide bonds. The SMILES string of the molecule is C#CCNC(=O)I. The van der Waals surface area contributed by atoms with Gasteiger partial charge in [0.2, 0.25) is 0 Å². The van der Waals surface area contributed by atoms with Gasteiger partial charge in [-0.2, -0.15) is 0 Å². The first-order valence-electron chi connectivity index (χ1n) is 1.64. The van der Waals surface area contributed by atoms with Crippen molar-refractivity contribution in [1.82, 2.24) is 5.32 Å². The Bertz CT molecular complexity index is 105. The highest BCUT2D eigenvalue weighted by Crippen LogP contribution is 1.79. The van der Waals surface area contributed by atoms with Crippen LogP contribution in [-0.2, 0) is 0 Å². The minimum Gasteiger partial charge on any atom is -0.337 e. The van der Waals surface area contributed by atoms with Crippen molar-refractivity contribution >= 4 is 26.5 Å². The predicted molar refractivity (Wildman–Crippen MR) is 36.3 cm³/mol. The van der Waals surface area contributed by atoms with Crippen LogP contribution >= 0.6 is 22.6 Å². The molecule has 0 saturated heterocycles. The zero-order chi connectivity index (χ0) is 5.70. The third-order valence-corrected chi connectivity index (χ3v) is 0.711. The summed E-state index contributed by atoms with van der Waals surface area (Å²) < 4.78 is -0.115. The fourth-order valence-corrected chi connectivity index (χ4v) is 0.311. The summed E-state index contributed by atoms with van der Waals surface area (Å²) in [7, 11) is 0. The van der Waals surface area contributed by atoms with Crippen molar-refractivity contribution in [3.8, 4) is 12.3 Å². The van der Waals surface area contributed by atoms with Crippen molar-refractivity contribution in [3.63, 3.8) is 0 Å². The summed E-state index contributed by atoms with van der Waals surface area (Å²) in [6.45, 7) is 0.321. The highest BCUT2D eigenvalue weighted by Gasteiger charge is 1.83. The molecular formula is C4H4INO. The molecular weight excluding hydrogens is 205 g/mol. The number of halogens is 1. The average Bonchev–Trinajstić information content (AvgIpc) is 1.61. The molecule has 0 aromatic carbocycles. The molecule has 0 bridgehead atoms. The fraction of sp³-hybridized carbons (Fsp3) is 0.250. The second-order valence-corrected chi connectivity index (χ2v) is 1.81. The largest absolute Gasteiger partial charge is 0.337 e. The zero-order valence-corrected chi connectivity index (χ0v) is 5.73. The van der Waals surface area contributed by atoms with Crippen LogP contribution in [0.2, 0.25) is 0 Å². The smallest absolute Gasteiger partial charge is 0.281 e. The first kappa shape index (κ1) is 6.76. The summed E-state index contributed by atoms with van der Waals surface area (Å²) in [5.74, 6) is 2.26. The molecule has 0 spiro atoms. The Morgan fingerprint density at radius 2 is 2.57 bits per heavy atom. The Morgan fingerprint density at radius 3 is 2.71 bits per heavy atom. The molecule has 0 rings (SSSR count). The second kappa shape index (κ2) is 3.93. The highest BCUT2D eigenvalue weighted by atomic mass is 127. The third kappa shape index (κ3) is 5.76. The van der Waals surface area contributed by atoms with Crippen molar-refractivity contribution in [2.75, 3.05) is 6.54 Å². The van der Waals surface area contributed by atoms with E-state index < -0.39 is 0 Å². The minimum absolute atomic E-state index is 0.115. The van der Waals surface area contributed by atoms with Crippen molar-refractivity contribution in [2.24, 2.45) is 0 Å². The molecule has 0 aromatic rings. The van der Waals surface area contributed by atoms with E-state index >= 15 is 0 Å². The molecule has 0 saturated carbocycles. The number of terminal acetylenes is 1. The van der Waals surface area contributed by atoms with Gasteiger partial charge in [-0.1, -0.05) is 5.92 Å². The van der Waals surface area contributed by atoms with Crippen molar-refractivity contribution in [2.45, 2.75) is 0 Å². The van der Waals surface area contributed by atoms with Gasteiger partial charge < -0.3 is 5.32 Å². The molecule has 2 nitrogen and oxygen atoms in total. The molecule has 0 heterocycles. The van der Waals surface area contributed by atoms with Gasteiger partial charge in [0.1, 0.15) is 0 Å². The third-order valence-electron chi connectivity index (χ3n) is 0.329. The van der Waals surface area contributed by atoms with E-state index in [1.807, 2.05) is 0 Å². The van der Waals surface area contributed by atoms with Crippen LogP contribution in [0.1, 0.15) is 0 Å². The lowest BCUT2D eigenvalue weighted by Crippen LogP contribution is -2.15. The Labute approximate surface area is 55.8 Å². The number of carbonyl (C=O) groups is 1. The van der Waals surface area contributed by atoms with Crippen molar-refractivity contribution in [1.29, 1.82) is 0 Å². The van der Waals surface area contributed by atoms with Gasteiger partial charge in [-0.15, -0.1) is 6.42 Å². The van der Waals surface area contributed by atoms with Gasteiger partial charge in [0.15, 0.2) is 0 Å². The zero-order valence-electron chi connectivity index (χ0n) is 3.57. The first-order valence-corrected chi connectivity index (χ1v) is 2.72. The quantitative estimate of drug-likeness (QED) is 0.294. The molecule has 0 radical (unpaired) electrons. The number of hydrogen-bond donors (Lipinski definition) is 1. The van der Waals surface area contributed by atoms with E-state index in [1.54, 1.807) is 22.6 Å².